The van der Waals surface area contributed by atoms with E-state index in [1.165, 1.54) is 0 Å². The Morgan fingerprint density at radius 1 is 1.67 bits per heavy atom. The predicted molar refractivity (Wildman–Crippen MR) is 47.9 cm³/mol. The summed E-state index contributed by atoms with van der Waals surface area (Å²) in [5, 5.41) is 0. The van der Waals surface area contributed by atoms with Crippen LogP contribution in [0.3, 0.4) is 0 Å². The molecule has 74 valence electrons. The van der Waals surface area contributed by atoms with Crippen LogP contribution in [0.25, 0.3) is 0 Å². The Hall–Kier alpha value is 0.260. The van der Waals surface area contributed by atoms with Crippen LogP contribution in [0.4, 0.5) is 0 Å². The molecule has 0 aromatic heterocycles. The lowest BCUT2D eigenvalue weighted by Crippen LogP contribution is -2.17. The minimum Gasteiger partial charge on any atom is -0.312 e. The normalized spacial score (nSPS) is 18.6. The van der Waals surface area contributed by atoms with Crippen molar-refractivity contribution in [2.75, 3.05) is 12.9 Å². The minimum absolute atomic E-state index is 0.365. The molecule has 0 aliphatic heterocycles. The van der Waals surface area contributed by atoms with Crippen LogP contribution in [0.15, 0.2) is 0 Å². The topological polar surface area (TPSA) is 75.6 Å². The molecule has 0 saturated carbocycles. The van der Waals surface area contributed by atoms with E-state index in [9.17, 15) is 8.77 Å². The van der Waals surface area contributed by atoms with E-state index in [-0.39, 0.29) is 0 Å². The summed E-state index contributed by atoms with van der Waals surface area (Å²) in [6.07, 6.45) is 1.65. The molecule has 0 heterocycles. The Morgan fingerprint density at radius 2 is 2.25 bits per heavy atom. The smallest absolute Gasteiger partial charge is 0.312 e. The summed E-state index contributed by atoms with van der Waals surface area (Å²) >= 11 is 0. The third-order valence-electron chi connectivity index (χ3n) is 1.15. The average Bonchev–Trinajstić information content (AvgIpc) is 2.00. The largest absolute Gasteiger partial charge is 0.414 e. The molecule has 0 spiro atoms. The Bertz CT molecular complexity index is 198. The van der Waals surface area contributed by atoms with Crippen molar-refractivity contribution >= 4 is 18.7 Å². The molecule has 0 aliphatic carbocycles. The van der Waals surface area contributed by atoms with Gasteiger partial charge >= 0.3 is 7.75 Å². The number of nitrogens with one attached hydrogen (secondary N) is 1. The van der Waals surface area contributed by atoms with Crippen molar-refractivity contribution in [1.82, 2.24) is 4.49 Å². The first-order valence-electron chi connectivity index (χ1n) is 3.56. The van der Waals surface area contributed by atoms with Crippen molar-refractivity contribution in [2.24, 2.45) is 0 Å². The van der Waals surface area contributed by atoms with E-state index in [2.05, 4.69) is 4.52 Å². The molecule has 0 amide bonds. The zero-order valence-corrected chi connectivity index (χ0v) is 8.86. The summed E-state index contributed by atoms with van der Waals surface area (Å²) in [6, 6.07) is 0. The van der Waals surface area contributed by atoms with E-state index < -0.39 is 18.7 Å². The van der Waals surface area contributed by atoms with E-state index in [1.807, 2.05) is 11.4 Å². The van der Waals surface area contributed by atoms with Crippen LogP contribution in [-0.2, 0) is 20.1 Å². The number of rotatable bonds is 6. The van der Waals surface area contributed by atoms with Gasteiger partial charge in [-0.3, -0.25) is 4.52 Å². The quantitative estimate of drug-likeness (QED) is 0.642. The fraction of sp³-hybridized carbons (Fsp3) is 1.00. The minimum atomic E-state index is -3.82. The molecule has 0 aromatic rings. The first kappa shape index (κ1) is 12.3. The molecule has 0 rings (SSSR count). The van der Waals surface area contributed by atoms with E-state index in [4.69, 9.17) is 4.89 Å². The molecule has 2 unspecified atom stereocenters. The molecular formula is C5H14NO4PS. The summed E-state index contributed by atoms with van der Waals surface area (Å²) in [7, 11) is -4.21. The highest BCUT2D eigenvalue weighted by molar-refractivity contribution is 7.89. The van der Waals surface area contributed by atoms with E-state index in [0.717, 1.165) is 20.0 Å². The lowest BCUT2D eigenvalue weighted by atomic mass is 10.4. The monoisotopic (exact) mass is 215 g/mol. The molecule has 5 nitrogen and oxygen atoms in total. The number of hydrogen-bond donors (Lipinski definition) is 2. The van der Waals surface area contributed by atoms with E-state index in [1.54, 1.807) is 0 Å². The first-order chi connectivity index (χ1) is 5.52. The fourth-order valence-electron chi connectivity index (χ4n) is 0.487. The molecule has 0 aliphatic rings. The average molecular weight is 215 g/mol. The molecule has 0 aromatic carbocycles. The van der Waals surface area contributed by atoms with Gasteiger partial charge in [0.1, 0.15) is 11.0 Å². The third-order valence-corrected chi connectivity index (χ3v) is 4.04. The Balaban J connectivity index is 3.76. The highest BCUT2D eigenvalue weighted by Crippen LogP contribution is 2.35. The second-order valence-corrected chi connectivity index (χ2v) is 5.43. The van der Waals surface area contributed by atoms with Crippen LogP contribution in [0.5, 0.6) is 0 Å². The molecule has 0 bridgehead atoms. The van der Waals surface area contributed by atoms with Crippen molar-refractivity contribution in [1.29, 1.82) is 0 Å². The van der Waals surface area contributed by atoms with Gasteiger partial charge in [0.15, 0.2) is 0 Å². The summed E-state index contributed by atoms with van der Waals surface area (Å²) in [6.45, 7) is 1.95. The van der Waals surface area contributed by atoms with Crippen molar-refractivity contribution < 1.29 is 18.2 Å². The SMILES string of the molecule is CCCCS(=O)NP(=O)(O)OC. The van der Waals surface area contributed by atoms with Crippen LogP contribution < -0.4 is 4.49 Å². The summed E-state index contributed by atoms with van der Waals surface area (Å²) in [4.78, 5) is 8.82. The molecule has 0 saturated heterocycles. The highest BCUT2D eigenvalue weighted by Gasteiger charge is 2.19. The summed E-state index contributed by atoms with van der Waals surface area (Å²) in [5.41, 5.74) is 0. The van der Waals surface area contributed by atoms with Crippen LogP contribution in [-0.4, -0.2) is 22.0 Å². The molecular weight excluding hydrogens is 201 g/mol. The molecule has 12 heavy (non-hydrogen) atoms. The van der Waals surface area contributed by atoms with Crippen LogP contribution in [0, 0.1) is 0 Å². The molecule has 7 heteroatoms. The maximum Gasteiger partial charge on any atom is 0.414 e. The van der Waals surface area contributed by atoms with Gasteiger partial charge in [-0.05, 0) is 6.42 Å². The van der Waals surface area contributed by atoms with Crippen molar-refractivity contribution in [3.8, 4) is 0 Å². The fourth-order valence-corrected chi connectivity index (χ4v) is 2.73. The van der Waals surface area contributed by atoms with E-state index >= 15 is 0 Å². The Kier molecular flexibility index (Phi) is 5.96. The van der Waals surface area contributed by atoms with Gasteiger partial charge in [-0.2, -0.15) is 0 Å². The first-order valence-corrected chi connectivity index (χ1v) is 6.46. The van der Waals surface area contributed by atoms with Gasteiger partial charge in [0.25, 0.3) is 0 Å². The lowest BCUT2D eigenvalue weighted by Gasteiger charge is -2.08. The highest BCUT2D eigenvalue weighted by atomic mass is 32.2. The number of hydrogen-bond acceptors (Lipinski definition) is 3. The van der Waals surface area contributed by atoms with Crippen LogP contribution >= 0.6 is 7.75 Å². The molecule has 2 N–H and O–H groups in total. The van der Waals surface area contributed by atoms with E-state index in [0.29, 0.717) is 5.75 Å². The zero-order valence-electron chi connectivity index (χ0n) is 7.15. The van der Waals surface area contributed by atoms with Crippen molar-refractivity contribution in [3.05, 3.63) is 0 Å². The summed E-state index contributed by atoms with van der Waals surface area (Å²) in [5.74, 6) is 0.365. The second kappa shape index (κ2) is 5.83. The third kappa shape index (κ3) is 5.85. The standard InChI is InChI=1S/C5H14NO4PS/c1-3-4-5-12(9)6-11(7,8)10-2/h3-5H2,1-2H3,(H2,6,7,8). The lowest BCUT2D eigenvalue weighted by molar-refractivity contribution is 0.312. The molecule has 0 radical (unpaired) electrons. The van der Waals surface area contributed by atoms with Gasteiger partial charge in [-0.1, -0.05) is 13.3 Å². The van der Waals surface area contributed by atoms with Crippen LogP contribution in [0.2, 0.25) is 0 Å². The summed E-state index contributed by atoms with van der Waals surface area (Å²) < 4.78 is 27.9. The molecule has 2 atom stereocenters. The predicted octanol–water partition coefficient (Wildman–Crippen LogP) is 0.787. The van der Waals surface area contributed by atoms with Crippen LogP contribution in [0.1, 0.15) is 19.8 Å². The zero-order chi connectivity index (χ0) is 9.61. The van der Waals surface area contributed by atoms with Gasteiger partial charge in [0.2, 0.25) is 0 Å². The maximum atomic E-state index is 11.0. The second-order valence-electron chi connectivity index (χ2n) is 2.20. The van der Waals surface area contributed by atoms with Gasteiger partial charge in [0, 0.05) is 12.9 Å². The van der Waals surface area contributed by atoms with Gasteiger partial charge < -0.3 is 4.89 Å². The number of unbranched alkanes of at least 4 members (excludes halogenated alkanes) is 1. The van der Waals surface area contributed by atoms with Crippen molar-refractivity contribution in [3.63, 3.8) is 0 Å². The van der Waals surface area contributed by atoms with Gasteiger partial charge in [0.05, 0.1) is 0 Å². The van der Waals surface area contributed by atoms with Crippen molar-refractivity contribution in [2.45, 2.75) is 19.8 Å². The van der Waals surface area contributed by atoms with Gasteiger partial charge in [-0.25, -0.2) is 8.77 Å². The van der Waals surface area contributed by atoms with Gasteiger partial charge in [-0.15, -0.1) is 4.49 Å². The maximum absolute atomic E-state index is 11.0. The molecule has 0 fully saturated rings. The Morgan fingerprint density at radius 3 is 2.67 bits per heavy atom. The Labute approximate surface area is 74.7 Å².